The van der Waals surface area contributed by atoms with Crippen molar-refractivity contribution >= 4 is 17.5 Å². The summed E-state index contributed by atoms with van der Waals surface area (Å²) in [5.74, 6) is 0.584. The van der Waals surface area contributed by atoms with Gasteiger partial charge in [-0.05, 0) is 49.1 Å². The molecule has 0 saturated carbocycles. The number of hydrogen-bond acceptors (Lipinski definition) is 3. The van der Waals surface area contributed by atoms with Gasteiger partial charge in [-0.25, -0.2) is 14.2 Å². The van der Waals surface area contributed by atoms with Crippen molar-refractivity contribution in [3.63, 3.8) is 0 Å². The molecule has 24 heavy (non-hydrogen) atoms. The van der Waals surface area contributed by atoms with Crippen molar-refractivity contribution in [2.75, 3.05) is 23.7 Å². The molecule has 0 bridgehead atoms. The van der Waals surface area contributed by atoms with E-state index in [1.807, 2.05) is 13.0 Å². The lowest BCUT2D eigenvalue weighted by molar-refractivity contribution is 0.252. The standard InChI is InChI=1S/C18H21FN4O/c1-12-4-6-14(19)11-16(12)23-18(24)21-10-8-15-7-5-13-3-2-9-20-17(13)22-15/h4-7,11H,2-3,8-10H2,1H3,(H,20,22)(H2,21,23,24). The number of benzene rings is 1. The molecule has 0 radical (unpaired) electrons. The third-order valence-corrected chi connectivity index (χ3v) is 4.07. The van der Waals surface area contributed by atoms with Crippen LogP contribution in [0.4, 0.5) is 20.7 Å². The minimum Gasteiger partial charge on any atom is -0.370 e. The van der Waals surface area contributed by atoms with Gasteiger partial charge >= 0.3 is 6.03 Å². The van der Waals surface area contributed by atoms with E-state index in [1.165, 1.54) is 17.7 Å². The van der Waals surface area contributed by atoms with Gasteiger partial charge in [-0.2, -0.15) is 0 Å². The van der Waals surface area contributed by atoms with Crippen molar-refractivity contribution in [2.24, 2.45) is 0 Å². The molecular weight excluding hydrogens is 307 g/mol. The molecule has 1 aliphatic heterocycles. The van der Waals surface area contributed by atoms with Gasteiger partial charge in [-0.3, -0.25) is 0 Å². The topological polar surface area (TPSA) is 66.0 Å². The molecule has 6 heteroatoms. The number of pyridine rings is 1. The van der Waals surface area contributed by atoms with Crippen LogP contribution in [0.2, 0.25) is 0 Å². The smallest absolute Gasteiger partial charge is 0.319 e. The lowest BCUT2D eigenvalue weighted by Gasteiger charge is -2.17. The van der Waals surface area contributed by atoms with Crippen LogP contribution in [0, 0.1) is 12.7 Å². The maximum atomic E-state index is 13.2. The minimum absolute atomic E-state index is 0.347. The van der Waals surface area contributed by atoms with Crippen molar-refractivity contribution in [3.8, 4) is 0 Å². The lowest BCUT2D eigenvalue weighted by Crippen LogP contribution is -2.31. The van der Waals surface area contributed by atoms with Crippen molar-refractivity contribution in [1.82, 2.24) is 10.3 Å². The number of carbonyl (C=O) groups is 1. The summed E-state index contributed by atoms with van der Waals surface area (Å²) in [4.78, 5) is 16.5. The summed E-state index contributed by atoms with van der Waals surface area (Å²) in [5, 5.41) is 8.74. The van der Waals surface area contributed by atoms with Crippen molar-refractivity contribution < 1.29 is 9.18 Å². The first kappa shape index (κ1) is 16.2. The first-order chi connectivity index (χ1) is 11.6. The largest absolute Gasteiger partial charge is 0.370 e. The van der Waals surface area contributed by atoms with Crippen molar-refractivity contribution in [2.45, 2.75) is 26.2 Å². The highest BCUT2D eigenvalue weighted by Gasteiger charge is 2.10. The second-order valence-electron chi connectivity index (χ2n) is 5.93. The van der Waals surface area contributed by atoms with Gasteiger partial charge < -0.3 is 16.0 Å². The summed E-state index contributed by atoms with van der Waals surface area (Å²) in [6, 6.07) is 8.07. The zero-order valence-corrected chi connectivity index (χ0v) is 13.7. The van der Waals surface area contributed by atoms with E-state index < -0.39 is 0 Å². The zero-order valence-electron chi connectivity index (χ0n) is 13.7. The molecule has 5 nitrogen and oxygen atoms in total. The highest BCUT2D eigenvalue weighted by Crippen LogP contribution is 2.19. The molecule has 2 amide bonds. The molecule has 1 aliphatic rings. The number of nitrogens with zero attached hydrogens (tertiary/aromatic N) is 1. The predicted molar refractivity (Wildman–Crippen MR) is 92.9 cm³/mol. The molecule has 0 atom stereocenters. The second-order valence-corrected chi connectivity index (χ2v) is 5.93. The van der Waals surface area contributed by atoms with Gasteiger partial charge in [0, 0.05) is 30.9 Å². The van der Waals surface area contributed by atoms with E-state index in [9.17, 15) is 9.18 Å². The monoisotopic (exact) mass is 328 g/mol. The SMILES string of the molecule is Cc1ccc(F)cc1NC(=O)NCCc1ccc2c(n1)NCCC2. The molecule has 0 saturated heterocycles. The molecular formula is C18H21FN4O. The normalized spacial score (nSPS) is 12.9. The van der Waals surface area contributed by atoms with Crippen LogP contribution in [0.15, 0.2) is 30.3 Å². The number of halogens is 1. The molecule has 3 rings (SSSR count). The van der Waals surface area contributed by atoms with Crippen LogP contribution in [-0.4, -0.2) is 24.1 Å². The molecule has 3 N–H and O–H groups in total. The van der Waals surface area contributed by atoms with E-state index >= 15 is 0 Å². The number of aryl methyl sites for hydroxylation is 2. The quantitative estimate of drug-likeness (QED) is 0.807. The molecule has 1 aromatic heterocycles. The summed E-state index contributed by atoms with van der Waals surface area (Å²) < 4.78 is 13.2. The number of amides is 2. The first-order valence-electron chi connectivity index (χ1n) is 8.15. The average molecular weight is 328 g/mol. The zero-order chi connectivity index (χ0) is 16.9. The van der Waals surface area contributed by atoms with Crippen LogP contribution in [0.1, 0.15) is 23.2 Å². The lowest BCUT2D eigenvalue weighted by atomic mass is 10.1. The van der Waals surface area contributed by atoms with Gasteiger partial charge in [0.05, 0.1) is 0 Å². The molecule has 126 valence electrons. The van der Waals surface area contributed by atoms with E-state index in [0.29, 0.717) is 18.7 Å². The Morgan fingerprint density at radius 2 is 2.21 bits per heavy atom. The van der Waals surface area contributed by atoms with E-state index in [4.69, 9.17) is 0 Å². The van der Waals surface area contributed by atoms with Gasteiger partial charge in [0.1, 0.15) is 11.6 Å². The van der Waals surface area contributed by atoms with Crippen LogP contribution in [0.5, 0.6) is 0 Å². The van der Waals surface area contributed by atoms with Crippen LogP contribution < -0.4 is 16.0 Å². The van der Waals surface area contributed by atoms with Gasteiger partial charge in [-0.15, -0.1) is 0 Å². The third kappa shape index (κ3) is 4.01. The molecule has 0 spiro atoms. The summed E-state index contributed by atoms with van der Waals surface area (Å²) in [5.41, 5.74) is 3.47. The van der Waals surface area contributed by atoms with Crippen LogP contribution in [0.3, 0.4) is 0 Å². The third-order valence-electron chi connectivity index (χ3n) is 4.07. The number of rotatable bonds is 4. The van der Waals surface area contributed by atoms with E-state index in [-0.39, 0.29) is 11.8 Å². The minimum atomic E-state index is -0.373. The molecule has 2 aromatic rings. The van der Waals surface area contributed by atoms with Crippen molar-refractivity contribution in [1.29, 1.82) is 0 Å². The Labute approximate surface area is 140 Å². The number of nitrogens with one attached hydrogen (secondary N) is 3. The highest BCUT2D eigenvalue weighted by atomic mass is 19.1. The number of fused-ring (bicyclic) bond motifs is 1. The number of aromatic nitrogens is 1. The van der Waals surface area contributed by atoms with E-state index in [2.05, 4.69) is 27.0 Å². The van der Waals surface area contributed by atoms with Gasteiger partial charge in [0.2, 0.25) is 0 Å². The summed E-state index contributed by atoms with van der Waals surface area (Å²) >= 11 is 0. The van der Waals surface area contributed by atoms with Crippen LogP contribution >= 0.6 is 0 Å². The molecule has 0 aliphatic carbocycles. The van der Waals surface area contributed by atoms with E-state index in [0.717, 1.165) is 36.5 Å². The van der Waals surface area contributed by atoms with Gasteiger partial charge in [0.25, 0.3) is 0 Å². The summed E-state index contributed by atoms with van der Waals surface area (Å²) in [6.45, 7) is 3.24. The maximum Gasteiger partial charge on any atom is 0.319 e. The second kappa shape index (κ2) is 7.29. The summed E-state index contributed by atoms with van der Waals surface area (Å²) in [7, 11) is 0. The van der Waals surface area contributed by atoms with Gasteiger partial charge in [0.15, 0.2) is 0 Å². The first-order valence-corrected chi connectivity index (χ1v) is 8.15. The fourth-order valence-corrected chi connectivity index (χ4v) is 2.71. The molecule has 1 aromatic carbocycles. The Bertz CT molecular complexity index is 748. The Morgan fingerprint density at radius 3 is 3.08 bits per heavy atom. The Balaban J connectivity index is 1.51. The molecule has 2 heterocycles. The Kier molecular flexibility index (Phi) is 4.93. The molecule has 0 fully saturated rings. The molecule has 0 unspecified atom stereocenters. The van der Waals surface area contributed by atoms with Crippen LogP contribution in [-0.2, 0) is 12.8 Å². The number of urea groups is 1. The van der Waals surface area contributed by atoms with Crippen molar-refractivity contribution in [3.05, 3.63) is 53.0 Å². The fourth-order valence-electron chi connectivity index (χ4n) is 2.71. The maximum absolute atomic E-state index is 13.2. The van der Waals surface area contributed by atoms with Gasteiger partial charge in [-0.1, -0.05) is 12.1 Å². The summed E-state index contributed by atoms with van der Waals surface area (Å²) in [6.07, 6.45) is 2.84. The number of anilines is 2. The highest BCUT2D eigenvalue weighted by molar-refractivity contribution is 5.90. The fraction of sp³-hybridized carbons (Fsp3) is 0.333. The Hall–Kier alpha value is -2.63. The number of carbonyl (C=O) groups excluding carboxylic acids is 1. The predicted octanol–water partition coefficient (Wildman–Crippen LogP) is 3.25. The number of hydrogen-bond donors (Lipinski definition) is 3. The van der Waals surface area contributed by atoms with Crippen LogP contribution in [0.25, 0.3) is 0 Å². The van der Waals surface area contributed by atoms with E-state index in [1.54, 1.807) is 6.07 Å². The Morgan fingerprint density at radius 1 is 1.33 bits per heavy atom. The average Bonchev–Trinajstić information content (AvgIpc) is 2.58.